The third kappa shape index (κ3) is 2.00. The van der Waals surface area contributed by atoms with Crippen molar-refractivity contribution in [3.05, 3.63) is 0 Å². The Bertz CT molecular complexity index is 223. The first kappa shape index (κ1) is 11.3. The number of amides is 1. The molecule has 0 aromatic carbocycles. The van der Waals surface area contributed by atoms with Crippen molar-refractivity contribution in [2.45, 2.75) is 25.4 Å². The molecule has 82 valence electrons. The molecule has 0 saturated heterocycles. The molecular formula is C8H13F3N2O. The second kappa shape index (κ2) is 3.76. The van der Waals surface area contributed by atoms with E-state index in [4.69, 9.17) is 5.73 Å². The van der Waals surface area contributed by atoms with Crippen LogP contribution in [-0.2, 0) is 4.79 Å². The Balaban J connectivity index is 2.45. The number of carbonyl (C=O) groups is 1. The van der Waals surface area contributed by atoms with Crippen LogP contribution in [0.1, 0.15) is 19.3 Å². The summed E-state index contributed by atoms with van der Waals surface area (Å²) in [5.74, 6) is -0.904. The highest BCUT2D eigenvalue weighted by molar-refractivity contribution is 5.86. The van der Waals surface area contributed by atoms with Gasteiger partial charge in [-0.25, -0.2) is 0 Å². The van der Waals surface area contributed by atoms with Crippen LogP contribution in [0, 0.1) is 5.41 Å². The molecule has 0 aliphatic heterocycles. The average molecular weight is 210 g/mol. The minimum absolute atomic E-state index is 0.0923. The first-order valence-corrected chi connectivity index (χ1v) is 4.49. The highest BCUT2D eigenvalue weighted by Crippen LogP contribution is 2.57. The lowest BCUT2D eigenvalue weighted by Gasteiger charge is -2.18. The number of nitrogens with two attached hydrogens (primary N) is 1. The Kier molecular flexibility index (Phi) is 3.04. The van der Waals surface area contributed by atoms with E-state index in [1.54, 1.807) is 0 Å². The maximum Gasteiger partial charge on any atom is 0.403 e. The van der Waals surface area contributed by atoms with Crippen molar-refractivity contribution in [3.8, 4) is 0 Å². The van der Waals surface area contributed by atoms with E-state index in [1.807, 2.05) is 0 Å². The molecule has 0 aromatic heterocycles. The van der Waals surface area contributed by atoms with Crippen LogP contribution in [0.3, 0.4) is 0 Å². The lowest BCUT2D eigenvalue weighted by Crippen LogP contribution is -2.41. The average Bonchev–Trinajstić information content (AvgIpc) is 2.82. The third-order valence-electron chi connectivity index (χ3n) is 2.39. The summed E-state index contributed by atoms with van der Waals surface area (Å²) in [5, 5.41) is 2.25. The topological polar surface area (TPSA) is 55.1 Å². The highest BCUT2D eigenvalue weighted by Gasteiger charge is 2.68. The molecule has 6 heteroatoms. The summed E-state index contributed by atoms with van der Waals surface area (Å²) < 4.78 is 37.1. The van der Waals surface area contributed by atoms with E-state index in [9.17, 15) is 18.0 Å². The van der Waals surface area contributed by atoms with Crippen molar-refractivity contribution in [2.75, 3.05) is 13.1 Å². The number of halogens is 3. The zero-order valence-electron chi connectivity index (χ0n) is 7.66. The zero-order chi connectivity index (χ0) is 10.8. The van der Waals surface area contributed by atoms with Crippen LogP contribution in [0.25, 0.3) is 0 Å². The predicted molar refractivity (Wildman–Crippen MR) is 44.4 cm³/mol. The fraction of sp³-hybridized carbons (Fsp3) is 0.875. The second-order valence-electron chi connectivity index (χ2n) is 3.48. The molecule has 14 heavy (non-hydrogen) atoms. The molecule has 3 nitrogen and oxygen atoms in total. The Morgan fingerprint density at radius 3 is 2.36 bits per heavy atom. The summed E-state index contributed by atoms with van der Waals surface area (Å²) in [4.78, 5) is 11.2. The molecule has 1 aliphatic rings. The van der Waals surface area contributed by atoms with Crippen LogP contribution in [0.4, 0.5) is 13.2 Å². The predicted octanol–water partition coefficient (Wildman–Crippen LogP) is 0.794. The summed E-state index contributed by atoms with van der Waals surface area (Å²) in [5.41, 5.74) is 3.06. The minimum Gasteiger partial charge on any atom is -0.355 e. The Morgan fingerprint density at radius 1 is 1.43 bits per heavy atom. The number of nitrogens with one attached hydrogen (secondary N) is 1. The zero-order valence-corrected chi connectivity index (χ0v) is 7.66. The van der Waals surface area contributed by atoms with E-state index in [-0.39, 0.29) is 19.4 Å². The summed E-state index contributed by atoms with van der Waals surface area (Å²) in [7, 11) is 0. The molecule has 0 unspecified atom stereocenters. The van der Waals surface area contributed by atoms with Gasteiger partial charge in [-0.3, -0.25) is 4.79 Å². The van der Waals surface area contributed by atoms with Gasteiger partial charge in [-0.15, -0.1) is 0 Å². The molecule has 0 spiro atoms. The van der Waals surface area contributed by atoms with Gasteiger partial charge in [-0.05, 0) is 25.8 Å². The molecule has 1 fully saturated rings. The van der Waals surface area contributed by atoms with Crippen LogP contribution in [0.15, 0.2) is 0 Å². The lowest BCUT2D eigenvalue weighted by atomic mass is 10.1. The first-order chi connectivity index (χ1) is 6.44. The van der Waals surface area contributed by atoms with Crippen molar-refractivity contribution in [1.82, 2.24) is 5.32 Å². The molecular weight excluding hydrogens is 197 g/mol. The standard InChI is InChI=1S/C8H13F3N2O/c9-8(10,11)7(2-3-7)6(14)13-5-1-4-12/h1-5,12H2,(H,13,14). The van der Waals surface area contributed by atoms with Gasteiger partial charge in [0, 0.05) is 6.54 Å². The summed E-state index contributed by atoms with van der Waals surface area (Å²) in [6.45, 7) is 0.576. The molecule has 1 saturated carbocycles. The van der Waals surface area contributed by atoms with E-state index in [1.165, 1.54) is 0 Å². The maximum absolute atomic E-state index is 12.4. The van der Waals surface area contributed by atoms with Gasteiger partial charge in [0.1, 0.15) is 5.41 Å². The quantitative estimate of drug-likeness (QED) is 0.674. The Hall–Kier alpha value is -0.780. The van der Waals surface area contributed by atoms with E-state index >= 15 is 0 Å². The Morgan fingerprint density at radius 2 is 2.00 bits per heavy atom. The maximum atomic E-state index is 12.4. The fourth-order valence-electron chi connectivity index (χ4n) is 1.24. The van der Waals surface area contributed by atoms with Crippen molar-refractivity contribution in [2.24, 2.45) is 11.1 Å². The van der Waals surface area contributed by atoms with Gasteiger partial charge < -0.3 is 11.1 Å². The van der Waals surface area contributed by atoms with Gasteiger partial charge in [-0.2, -0.15) is 13.2 Å². The Labute approximate surface area is 79.8 Å². The highest BCUT2D eigenvalue weighted by atomic mass is 19.4. The lowest BCUT2D eigenvalue weighted by molar-refractivity contribution is -0.192. The van der Waals surface area contributed by atoms with Gasteiger partial charge in [0.15, 0.2) is 0 Å². The van der Waals surface area contributed by atoms with Crippen LogP contribution >= 0.6 is 0 Å². The van der Waals surface area contributed by atoms with Gasteiger partial charge in [0.2, 0.25) is 5.91 Å². The van der Waals surface area contributed by atoms with Crippen molar-refractivity contribution < 1.29 is 18.0 Å². The summed E-state index contributed by atoms with van der Waals surface area (Å²) >= 11 is 0. The molecule has 1 aliphatic carbocycles. The van der Waals surface area contributed by atoms with Crippen LogP contribution in [0.5, 0.6) is 0 Å². The summed E-state index contributed by atoms with van der Waals surface area (Å²) in [6.07, 6.45) is -4.10. The van der Waals surface area contributed by atoms with E-state index in [0.29, 0.717) is 13.0 Å². The molecule has 1 rings (SSSR count). The van der Waals surface area contributed by atoms with Crippen molar-refractivity contribution in [3.63, 3.8) is 0 Å². The second-order valence-corrected chi connectivity index (χ2v) is 3.48. The molecule has 3 N–H and O–H groups in total. The minimum atomic E-state index is -4.42. The van der Waals surface area contributed by atoms with Crippen LogP contribution in [-0.4, -0.2) is 25.2 Å². The third-order valence-corrected chi connectivity index (χ3v) is 2.39. The molecule has 0 bridgehead atoms. The SMILES string of the molecule is NCCCNC(=O)C1(C(F)(F)F)CC1. The van der Waals surface area contributed by atoms with Gasteiger partial charge in [0.05, 0.1) is 0 Å². The number of hydrogen-bond donors (Lipinski definition) is 2. The number of rotatable bonds is 4. The van der Waals surface area contributed by atoms with Crippen molar-refractivity contribution >= 4 is 5.91 Å². The monoisotopic (exact) mass is 210 g/mol. The summed E-state index contributed by atoms with van der Waals surface area (Å²) in [6, 6.07) is 0. The van der Waals surface area contributed by atoms with E-state index < -0.39 is 17.5 Å². The first-order valence-electron chi connectivity index (χ1n) is 4.49. The molecule has 1 amide bonds. The van der Waals surface area contributed by atoms with Gasteiger partial charge in [-0.1, -0.05) is 0 Å². The van der Waals surface area contributed by atoms with Crippen LogP contribution in [0.2, 0.25) is 0 Å². The van der Waals surface area contributed by atoms with Gasteiger partial charge >= 0.3 is 6.18 Å². The van der Waals surface area contributed by atoms with E-state index in [0.717, 1.165) is 0 Å². The largest absolute Gasteiger partial charge is 0.403 e. The number of carbonyl (C=O) groups excluding carboxylic acids is 1. The normalized spacial score (nSPS) is 19.1. The molecule has 0 atom stereocenters. The molecule has 0 aromatic rings. The molecule has 0 radical (unpaired) electrons. The number of hydrogen-bond acceptors (Lipinski definition) is 2. The van der Waals surface area contributed by atoms with Crippen molar-refractivity contribution in [1.29, 1.82) is 0 Å². The van der Waals surface area contributed by atoms with E-state index in [2.05, 4.69) is 5.32 Å². The number of alkyl halides is 3. The van der Waals surface area contributed by atoms with Crippen LogP contribution < -0.4 is 11.1 Å². The van der Waals surface area contributed by atoms with Gasteiger partial charge in [0.25, 0.3) is 0 Å². The molecule has 0 heterocycles. The fourth-order valence-corrected chi connectivity index (χ4v) is 1.24. The smallest absolute Gasteiger partial charge is 0.355 e.